The van der Waals surface area contributed by atoms with Crippen molar-refractivity contribution in [2.24, 2.45) is 0 Å². The maximum atomic E-state index is 4.29. The maximum Gasteiger partial charge on any atom is 0.0696 e. The van der Waals surface area contributed by atoms with E-state index >= 15 is 0 Å². The van der Waals surface area contributed by atoms with Crippen LogP contribution >= 0.6 is 0 Å². The fourth-order valence-electron chi connectivity index (χ4n) is 2.15. The average Bonchev–Trinajstić information content (AvgIpc) is 3.01. The normalized spacial score (nSPS) is 10.8. The Kier molecular flexibility index (Phi) is 2.48. The second kappa shape index (κ2) is 4.14. The zero-order valence-electron chi connectivity index (χ0n) is 10.4. The molecule has 0 saturated carbocycles. The molecule has 0 radical (unpaired) electrons. The molecule has 4 heteroatoms. The highest BCUT2D eigenvalue weighted by Gasteiger charge is 2.08. The summed E-state index contributed by atoms with van der Waals surface area (Å²) in [5.74, 6) is 0. The van der Waals surface area contributed by atoms with Crippen LogP contribution in [-0.2, 0) is 0 Å². The molecule has 2 heterocycles. The molecular formula is C14H14N4. The maximum absolute atomic E-state index is 4.29. The summed E-state index contributed by atoms with van der Waals surface area (Å²) in [6.45, 7) is 4.19. The minimum Gasteiger partial charge on any atom is -0.241 e. The summed E-state index contributed by atoms with van der Waals surface area (Å²) in [5.41, 5.74) is 4.56. The van der Waals surface area contributed by atoms with Gasteiger partial charge in [-0.1, -0.05) is 6.07 Å². The second-order valence-electron chi connectivity index (χ2n) is 4.33. The lowest BCUT2D eigenvalue weighted by Gasteiger charge is -2.12. The van der Waals surface area contributed by atoms with Crippen LogP contribution in [0.1, 0.15) is 11.1 Å². The summed E-state index contributed by atoms with van der Waals surface area (Å²) < 4.78 is 3.75. The van der Waals surface area contributed by atoms with Crippen molar-refractivity contribution >= 4 is 0 Å². The number of hydrogen-bond acceptors (Lipinski definition) is 2. The van der Waals surface area contributed by atoms with Gasteiger partial charge in [0.05, 0.1) is 11.4 Å². The molecule has 3 aromatic rings. The highest BCUT2D eigenvalue weighted by atomic mass is 15.3. The zero-order valence-corrected chi connectivity index (χ0v) is 10.4. The number of hydrogen-bond donors (Lipinski definition) is 0. The molecule has 0 aliphatic carbocycles. The van der Waals surface area contributed by atoms with Crippen molar-refractivity contribution in [1.82, 2.24) is 19.6 Å². The van der Waals surface area contributed by atoms with E-state index in [0.29, 0.717) is 0 Å². The smallest absolute Gasteiger partial charge is 0.0696 e. The van der Waals surface area contributed by atoms with Crippen LogP contribution in [-0.4, -0.2) is 19.6 Å². The van der Waals surface area contributed by atoms with E-state index in [9.17, 15) is 0 Å². The molecule has 4 nitrogen and oxygen atoms in total. The topological polar surface area (TPSA) is 35.6 Å². The summed E-state index contributed by atoms with van der Waals surface area (Å²) >= 11 is 0. The first-order valence-corrected chi connectivity index (χ1v) is 5.87. The van der Waals surface area contributed by atoms with E-state index in [-0.39, 0.29) is 0 Å². The number of nitrogens with zero attached hydrogens (tertiary/aromatic N) is 4. The van der Waals surface area contributed by atoms with Gasteiger partial charge >= 0.3 is 0 Å². The van der Waals surface area contributed by atoms with Gasteiger partial charge in [0.25, 0.3) is 0 Å². The number of aromatic nitrogens is 4. The predicted molar refractivity (Wildman–Crippen MR) is 70.2 cm³/mol. The molecule has 0 aliphatic rings. The van der Waals surface area contributed by atoms with Crippen LogP contribution in [0.15, 0.2) is 49.1 Å². The van der Waals surface area contributed by atoms with Crippen molar-refractivity contribution in [3.8, 4) is 11.4 Å². The van der Waals surface area contributed by atoms with Crippen LogP contribution in [0.2, 0.25) is 0 Å². The van der Waals surface area contributed by atoms with E-state index < -0.39 is 0 Å². The molecule has 1 aromatic carbocycles. The summed E-state index contributed by atoms with van der Waals surface area (Å²) in [5, 5.41) is 8.57. The highest BCUT2D eigenvalue weighted by Crippen LogP contribution is 2.21. The van der Waals surface area contributed by atoms with E-state index in [1.54, 1.807) is 12.4 Å². The third-order valence-electron chi connectivity index (χ3n) is 3.02. The first-order valence-electron chi connectivity index (χ1n) is 5.87. The Morgan fingerprint density at radius 1 is 0.778 bits per heavy atom. The molecule has 0 saturated heterocycles. The fourth-order valence-corrected chi connectivity index (χ4v) is 2.15. The molecule has 0 aliphatic heterocycles. The van der Waals surface area contributed by atoms with Crippen LogP contribution in [0, 0.1) is 13.8 Å². The minimum absolute atomic E-state index is 1.08. The van der Waals surface area contributed by atoms with Gasteiger partial charge < -0.3 is 0 Å². The molecule has 2 aromatic heterocycles. The largest absolute Gasteiger partial charge is 0.241 e. The first kappa shape index (κ1) is 10.8. The van der Waals surface area contributed by atoms with Gasteiger partial charge in [0.2, 0.25) is 0 Å². The molecule has 0 bridgehead atoms. The predicted octanol–water partition coefficient (Wildman–Crippen LogP) is 2.67. The van der Waals surface area contributed by atoms with Crippen molar-refractivity contribution in [3.63, 3.8) is 0 Å². The quantitative estimate of drug-likeness (QED) is 0.688. The highest BCUT2D eigenvalue weighted by molar-refractivity contribution is 5.52. The average molecular weight is 238 g/mol. The van der Waals surface area contributed by atoms with Gasteiger partial charge in [0, 0.05) is 24.8 Å². The number of aryl methyl sites for hydroxylation is 2. The van der Waals surface area contributed by atoms with Crippen molar-refractivity contribution in [1.29, 1.82) is 0 Å². The molecule has 0 unspecified atom stereocenters. The Bertz CT molecular complexity index is 596. The standard InChI is InChI=1S/C14H14N4/c1-11-9-12(2)14(18-8-4-6-16-18)10-13(11)17-7-3-5-15-17/h3-10H,1-2H3. The summed E-state index contributed by atoms with van der Waals surface area (Å²) in [7, 11) is 0. The molecular weight excluding hydrogens is 224 g/mol. The molecule has 18 heavy (non-hydrogen) atoms. The van der Waals surface area contributed by atoms with E-state index in [4.69, 9.17) is 0 Å². The van der Waals surface area contributed by atoms with E-state index in [0.717, 1.165) is 11.4 Å². The van der Waals surface area contributed by atoms with Gasteiger partial charge in [-0.15, -0.1) is 0 Å². The lowest BCUT2D eigenvalue weighted by Crippen LogP contribution is -2.03. The summed E-state index contributed by atoms with van der Waals surface area (Å²) in [4.78, 5) is 0. The van der Waals surface area contributed by atoms with Gasteiger partial charge in [-0.25, -0.2) is 9.36 Å². The lowest BCUT2D eigenvalue weighted by molar-refractivity contribution is 0.845. The van der Waals surface area contributed by atoms with Crippen molar-refractivity contribution < 1.29 is 0 Å². The van der Waals surface area contributed by atoms with Gasteiger partial charge in [0.1, 0.15) is 0 Å². The monoisotopic (exact) mass is 238 g/mol. The van der Waals surface area contributed by atoms with Crippen LogP contribution in [0.5, 0.6) is 0 Å². The summed E-state index contributed by atoms with van der Waals surface area (Å²) in [6, 6.07) is 8.12. The van der Waals surface area contributed by atoms with E-state index in [2.05, 4.69) is 36.2 Å². The Morgan fingerprint density at radius 2 is 1.28 bits per heavy atom. The van der Waals surface area contributed by atoms with Crippen LogP contribution < -0.4 is 0 Å². The molecule has 0 spiro atoms. The van der Waals surface area contributed by atoms with Crippen LogP contribution in [0.25, 0.3) is 11.4 Å². The third kappa shape index (κ3) is 1.72. The molecule has 0 amide bonds. The van der Waals surface area contributed by atoms with Gasteiger partial charge in [-0.05, 0) is 43.2 Å². The van der Waals surface area contributed by atoms with Crippen LogP contribution in [0.4, 0.5) is 0 Å². The first-order chi connectivity index (χ1) is 8.75. The number of rotatable bonds is 2. The van der Waals surface area contributed by atoms with Crippen molar-refractivity contribution in [2.45, 2.75) is 13.8 Å². The fraction of sp³-hybridized carbons (Fsp3) is 0.143. The van der Waals surface area contributed by atoms with Crippen molar-refractivity contribution in [3.05, 3.63) is 60.2 Å². The zero-order chi connectivity index (χ0) is 12.5. The van der Waals surface area contributed by atoms with E-state index in [1.165, 1.54) is 11.1 Å². The van der Waals surface area contributed by atoms with Gasteiger partial charge in [0.15, 0.2) is 0 Å². The molecule has 90 valence electrons. The minimum atomic E-state index is 1.08. The van der Waals surface area contributed by atoms with E-state index in [1.807, 2.05) is 33.9 Å². The lowest BCUT2D eigenvalue weighted by atomic mass is 10.1. The SMILES string of the molecule is Cc1cc(C)c(-n2cccn2)cc1-n1cccn1. The third-order valence-corrected chi connectivity index (χ3v) is 3.02. The van der Waals surface area contributed by atoms with Crippen molar-refractivity contribution in [2.75, 3.05) is 0 Å². The summed E-state index contributed by atoms with van der Waals surface area (Å²) in [6.07, 6.45) is 7.47. The second-order valence-corrected chi connectivity index (χ2v) is 4.33. The molecule has 0 fully saturated rings. The Labute approximate surface area is 105 Å². The molecule has 0 atom stereocenters. The van der Waals surface area contributed by atoms with Gasteiger partial charge in [-0.3, -0.25) is 0 Å². The van der Waals surface area contributed by atoms with Crippen LogP contribution in [0.3, 0.4) is 0 Å². The van der Waals surface area contributed by atoms with Gasteiger partial charge in [-0.2, -0.15) is 10.2 Å². The molecule has 3 rings (SSSR count). The number of benzene rings is 1. The Hall–Kier alpha value is -2.36. The Balaban J connectivity index is 2.20. The Morgan fingerprint density at radius 3 is 1.67 bits per heavy atom. The molecule has 0 N–H and O–H groups in total.